The maximum absolute atomic E-state index is 13.5. The van der Waals surface area contributed by atoms with Crippen LogP contribution in [0.2, 0.25) is 0 Å². The number of hydrogen-bond donors (Lipinski definition) is 1. The number of unbranched alkanes of at least 4 members (excludes halogenated alkanes) is 1. The van der Waals surface area contributed by atoms with E-state index >= 15 is 0 Å². The molecule has 0 aliphatic rings. The summed E-state index contributed by atoms with van der Waals surface area (Å²) in [5, 5.41) is 2.98. The summed E-state index contributed by atoms with van der Waals surface area (Å²) in [7, 11) is 0. The Hall–Kier alpha value is -3.47. The van der Waals surface area contributed by atoms with E-state index in [2.05, 4.69) is 17.2 Å². The van der Waals surface area contributed by atoms with Gasteiger partial charge in [0.2, 0.25) is 5.91 Å². The summed E-state index contributed by atoms with van der Waals surface area (Å²) in [6.45, 7) is 2.94. The summed E-state index contributed by atoms with van der Waals surface area (Å²) >= 11 is 0. The van der Waals surface area contributed by atoms with Crippen molar-refractivity contribution in [2.45, 2.75) is 32.4 Å². The molecule has 0 spiro atoms. The molecular weight excluding hydrogens is 374 g/mol. The number of benzene rings is 2. The van der Waals surface area contributed by atoms with Gasteiger partial charge in [-0.15, -0.1) is 0 Å². The van der Waals surface area contributed by atoms with Gasteiger partial charge in [-0.3, -0.25) is 14.6 Å². The van der Waals surface area contributed by atoms with Crippen LogP contribution in [0.4, 0.5) is 0 Å². The highest BCUT2D eigenvalue weighted by molar-refractivity contribution is 5.97. The third-order valence-electron chi connectivity index (χ3n) is 4.83. The van der Waals surface area contributed by atoms with Crippen LogP contribution < -0.4 is 5.32 Å². The summed E-state index contributed by atoms with van der Waals surface area (Å²) in [6.07, 6.45) is 3.51. The molecule has 0 aliphatic carbocycles. The molecular formula is C25H27N3O2. The number of rotatable bonds is 9. The SMILES string of the molecule is CCCCNC(=O)C(c1ccccn1)N(Cc1ccccc1)C(=O)c1ccccc1. The number of hydrogen-bond acceptors (Lipinski definition) is 3. The molecule has 1 atom stereocenters. The highest BCUT2D eigenvalue weighted by Crippen LogP contribution is 2.24. The lowest BCUT2D eigenvalue weighted by Crippen LogP contribution is -2.44. The molecule has 1 unspecified atom stereocenters. The van der Waals surface area contributed by atoms with Crippen molar-refractivity contribution in [3.05, 3.63) is 102 Å². The molecule has 0 bridgehead atoms. The Morgan fingerprint density at radius 2 is 1.60 bits per heavy atom. The first-order valence-electron chi connectivity index (χ1n) is 10.3. The van der Waals surface area contributed by atoms with E-state index in [0.29, 0.717) is 24.3 Å². The van der Waals surface area contributed by atoms with E-state index in [1.807, 2.05) is 54.6 Å². The number of carbonyl (C=O) groups is 2. The second-order valence-electron chi connectivity index (χ2n) is 7.09. The molecule has 5 heteroatoms. The summed E-state index contributed by atoms with van der Waals surface area (Å²) in [5.74, 6) is -0.428. The second kappa shape index (κ2) is 10.9. The first kappa shape index (κ1) is 21.2. The average Bonchev–Trinajstić information content (AvgIpc) is 2.80. The van der Waals surface area contributed by atoms with Crippen LogP contribution in [0.15, 0.2) is 85.1 Å². The van der Waals surface area contributed by atoms with Crippen molar-refractivity contribution < 1.29 is 9.59 Å². The van der Waals surface area contributed by atoms with Crippen molar-refractivity contribution in [1.29, 1.82) is 0 Å². The Balaban J connectivity index is 2.00. The fraction of sp³-hybridized carbons (Fsp3) is 0.240. The zero-order valence-corrected chi connectivity index (χ0v) is 17.2. The highest BCUT2D eigenvalue weighted by atomic mass is 16.2. The summed E-state index contributed by atoms with van der Waals surface area (Å²) in [5.41, 5.74) is 2.03. The van der Waals surface area contributed by atoms with Crippen molar-refractivity contribution >= 4 is 11.8 Å². The first-order chi connectivity index (χ1) is 14.7. The molecule has 0 saturated heterocycles. The van der Waals surface area contributed by atoms with Crippen LogP contribution in [0.1, 0.15) is 47.4 Å². The third-order valence-corrected chi connectivity index (χ3v) is 4.83. The van der Waals surface area contributed by atoms with Gasteiger partial charge in [0.05, 0.1) is 5.69 Å². The van der Waals surface area contributed by atoms with Gasteiger partial charge in [0.25, 0.3) is 5.91 Å². The highest BCUT2D eigenvalue weighted by Gasteiger charge is 2.33. The van der Waals surface area contributed by atoms with Gasteiger partial charge < -0.3 is 10.2 Å². The molecule has 0 saturated carbocycles. The van der Waals surface area contributed by atoms with Crippen LogP contribution in [0.3, 0.4) is 0 Å². The second-order valence-corrected chi connectivity index (χ2v) is 7.09. The van der Waals surface area contributed by atoms with Gasteiger partial charge in [0, 0.05) is 24.8 Å². The number of pyridine rings is 1. The molecule has 2 aromatic carbocycles. The molecule has 30 heavy (non-hydrogen) atoms. The van der Waals surface area contributed by atoms with E-state index in [0.717, 1.165) is 18.4 Å². The smallest absolute Gasteiger partial charge is 0.255 e. The molecule has 5 nitrogen and oxygen atoms in total. The average molecular weight is 402 g/mol. The molecule has 3 rings (SSSR count). The molecule has 154 valence electrons. The molecule has 0 fully saturated rings. The number of nitrogens with one attached hydrogen (secondary N) is 1. The Bertz CT molecular complexity index is 930. The fourth-order valence-corrected chi connectivity index (χ4v) is 3.27. The van der Waals surface area contributed by atoms with Crippen LogP contribution >= 0.6 is 0 Å². The van der Waals surface area contributed by atoms with Gasteiger partial charge in [-0.2, -0.15) is 0 Å². The van der Waals surface area contributed by atoms with Crippen molar-refractivity contribution in [2.75, 3.05) is 6.54 Å². The van der Waals surface area contributed by atoms with Crippen LogP contribution in [0.5, 0.6) is 0 Å². The number of nitrogens with zero attached hydrogens (tertiary/aromatic N) is 2. The predicted octanol–water partition coefficient (Wildman–Crippen LogP) is 4.38. The molecule has 1 N–H and O–H groups in total. The van der Waals surface area contributed by atoms with Crippen molar-refractivity contribution in [2.24, 2.45) is 0 Å². The van der Waals surface area contributed by atoms with Crippen LogP contribution in [-0.4, -0.2) is 28.2 Å². The Morgan fingerprint density at radius 3 is 2.23 bits per heavy atom. The van der Waals surface area contributed by atoms with Gasteiger partial charge in [-0.1, -0.05) is 67.9 Å². The minimum Gasteiger partial charge on any atom is -0.354 e. The minimum atomic E-state index is -0.823. The van der Waals surface area contributed by atoms with E-state index in [4.69, 9.17) is 0 Å². The van der Waals surface area contributed by atoms with Gasteiger partial charge in [0.1, 0.15) is 0 Å². The van der Waals surface area contributed by atoms with E-state index in [-0.39, 0.29) is 11.8 Å². The molecule has 3 aromatic rings. The lowest BCUT2D eigenvalue weighted by molar-refractivity contribution is -0.126. The minimum absolute atomic E-state index is 0.208. The Labute approximate surface area is 177 Å². The van der Waals surface area contributed by atoms with Crippen LogP contribution in [0.25, 0.3) is 0 Å². The van der Waals surface area contributed by atoms with Crippen molar-refractivity contribution in [3.63, 3.8) is 0 Å². The standard InChI is InChI=1S/C25H27N3O2/c1-2-3-17-27-24(29)23(22-16-10-11-18-26-22)28(19-20-12-6-4-7-13-20)25(30)21-14-8-5-9-15-21/h4-16,18,23H,2-3,17,19H2,1H3,(H,27,29). The maximum atomic E-state index is 13.5. The Morgan fingerprint density at radius 1 is 0.933 bits per heavy atom. The van der Waals surface area contributed by atoms with Gasteiger partial charge in [-0.05, 0) is 36.2 Å². The zero-order chi connectivity index (χ0) is 21.2. The van der Waals surface area contributed by atoms with Crippen LogP contribution in [0, 0.1) is 0 Å². The molecule has 1 heterocycles. The van der Waals surface area contributed by atoms with Crippen molar-refractivity contribution in [3.8, 4) is 0 Å². The largest absolute Gasteiger partial charge is 0.354 e. The maximum Gasteiger partial charge on any atom is 0.255 e. The van der Waals surface area contributed by atoms with E-state index < -0.39 is 6.04 Å². The van der Waals surface area contributed by atoms with Gasteiger partial charge in [-0.25, -0.2) is 0 Å². The topological polar surface area (TPSA) is 62.3 Å². The summed E-state index contributed by atoms with van der Waals surface area (Å²) in [4.78, 5) is 32.8. The number of carbonyl (C=O) groups excluding carboxylic acids is 2. The van der Waals surface area contributed by atoms with E-state index in [1.165, 1.54) is 0 Å². The molecule has 2 amide bonds. The Kier molecular flexibility index (Phi) is 7.72. The third kappa shape index (κ3) is 5.54. The monoisotopic (exact) mass is 401 g/mol. The predicted molar refractivity (Wildman–Crippen MR) is 118 cm³/mol. The van der Waals surface area contributed by atoms with E-state index in [9.17, 15) is 9.59 Å². The quantitative estimate of drug-likeness (QED) is 0.541. The summed E-state index contributed by atoms with van der Waals surface area (Å²) < 4.78 is 0. The van der Waals surface area contributed by atoms with Gasteiger partial charge >= 0.3 is 0 Å². The van der Waals surface area contributed by atoms with Crippen LogP contribution in [-0.2, 0) is 11.3 Å². The molecule has 1 aromatic heterocycles. The van der Waals surface area contributed by atoms with Gasteiger partial charge in [0.15, 0.2) is 6.04 Å². The zero-order valence-electron chi connectivity index (χ0n) is 17.2. The van der Waals surface area contributed by atoms with Crippen molar-refractivity contribution in [1.82, 2.24) is 15.2 Å². The first-order valence-corrected chi connectivity index (χ1v) is 10.3. The fourth-order valence-electron chi connectivity index (χ4n) is 3.27. The molecule has 0 aliphatic heterocycles. The lowest BCUT2D eigenvalue weighted by Gasteiger charge is -2.31. The number of aromatic nitrogens is 1. The molecule has 0 radical (unpaired) electrons. The lowest BCUT2D eigenvalue weighted by atomic mass is 10.1. The van der Waals surface area contributed by atoms with E-state index in [1.54, 1.807) is 35.4 Å². The number of amides is 2. The normalized spacial score (nSPS) is 11.5. The summed E-state index contributed by atoms with van der Waals surface area (Å²) in [6, 6.07) is 23.4.